The van der Waals surface area contributed by atoms with Crippen LogP contribution in [0.4, 0.5) is 5.69 Å². The smallest absolute Gasteiger partial charge is 0.228 e. The van der Waals surface area contributed by atoms with Gasteiger partial charge in [0.2, 0.25) is 5.91 Å². The first-order chi connectivity index (χ1) is 13.1. The SMILES string of the molecule is O=C(Cc1csc(-n2cccc2)n1)N1CCN(c2cccc(Cl)c2Cl)CC1. The van der Waals surface area contributed by atoms with Gasteiger partial charge in [-0.25, -0.2) is 4.98 Å². The summed E-state index contributed by atoms with van der Waals surface area (Å²) in [6, 6.07) is 9.55. The minimum Gasteiger partial charge on any atom is -0.367 e. The number of anilines is 1. The van der Waals surface area contributed by atoms with Crippen molar-refractivity contribution in [2.45, 2.75) is 6.42 Å². The number of halogens is 2. The van der Waals surface area contributed by atoms with E-state index in [-0.39, 0.29) is 5.91 Å². The Balaban J connectivity index is 1.35. The highest BCUT2D eigenvalue weighted by Gasteiger charge is 2.23. The lowest BCUT2D eigenvalue weighted by Gasteiger charge is -2.36. The predicted molar refractivity (Wildman–Crippen MR) is 110 cm³/mol. The molecule has 1 aliphatic rings. The highest BCUT2D eigenvalue weighted by molar-refractivity contribution is 7.12. The zero-order valence-corrected chi connectivity index (χ0v) is 16.8. The first-order valence-corrected chi connectivity index (χ1v) is 10.3. The maximum atomic E-state index is 12.6. The molecule has 3 heterocycles. The Labute approximate surface area is 171 Å². The number of hydrogen-bond acceptors (Lipinski definition) is 4. The highest BCUT2D eigenvalue weighted by atomic mass is 35.5. The van der Waals surface area contributed by atoms with Gasteiger partial charge in [0.15, 0.2) is 5.13 Å². The molecule has 0 saturated carbocycles. The number of rotatable bonds is 4. The van der Waals surface area contributed by atoms with Gasteiger partial charge in [0, 0.05) is 44.0 Å². The van der Waals surface area contributed by atoms with E-state index in [1.807, 2.05) is 51.5 Å². The van der Waals surface area contributed by atoms with Crippen LogP contribution in [-0.4, -0.2) is 46.5 Å². The molecule has 27 heavy (non-hydrogen) atoms. The Morgan fingerprint density at radius 1 is 1.07 bits per heavy atom. The van der Waals surface area contributed by atoms with Crippen LogP contribution in [0.5, 0.6) is 0 Å². The third-order valence-electron chi connectivity index (χ3n) is 4.60. The highest BCUT2D eigenvalue weighted by Crippen LogP contribution is 2.32. The van der Waals surface area contributed by atoms with E-state index in [0.717, 1.165) is 29.6 Å². The van der Waals surface area contributed by atoms with Crippen LogP contribution in [0.2, 0.25) is 10.0 Å². The maximum Gasteiger partial charge on any atom is 0.228 e. The molecule has 140 valence electrons. The largest absolute Gasteiger partial charge is 0.367 e. The first kappa shape index (κ1) is 18.3. The van der Waals surface area contributed by atoms with Crippen LogP contribution in [-0.2, 0) is 11.2 Å². The molecule has 0 atom stereocenters. The van der Waals surface area contributed by atoms with E-state index >= 15 is 0 Å². The third-order valence-corrected chi connectivity index (χ3v) is 6.31. The van der Waals surface area contributed by atoms with Gasteiger partial charge in [-0.05, 0) is 24.3 Å². The first-order valence-electron chi connectivity index (χ1n) is 8.66. The van der Waals surface area contributed by atoms with Crippen LogP contribution in [0.3, 0.4) is 0 Å². The Kier molecular flexibility index (Phi) is 5.38. The van der Waals surface area contributed by atoms with Gasteiger partial charge in [0.25, 0.3) is 0 Å². The number of carbonyl (C=O) groups excluding carboxylic acids is 1. The van der Waals surface area contributed by atoms with Gasteiger partial charge in [0.05, 0.1) is 27.8 Å². The van der Waals surface area contributed by atoms with Crippen molar-refractivity contribution in [2.75, 3.05) is 31.1 Å². The standard InChI is InChI=1S/C19H18Cl2N4OS/c20-15-4-3-5-16(18(15)21)23-8-10-24(11-9-23)17(26)12-14-13-27-19(22-14)25-6-1-2-7-25/h1-7,13H,8-12H2. The van der Waals surface area contributed by atoms with Crippen molar-refractivity contribution >= 4 is 46.1 Å². The number of nitrogens with zero attached hydrogens (tertiary/aromatic N) is 4. The average Bonchev–Trinajstić information content (AvgIpc) is 3.36. The van der Waals surface area contributed by atoms with E-state index in [2.05, 4.69) is 9.88 Å². The van der Waals surface area contributed by atoms with Crippen LogP contribution in [0.1, 0.15) is 5.69 Å². The van der Waals surface area contributed by atoms with Gasteiger partial charge >= 0.3 is 0 Å². The number of aromatic nitrogens is 2. The maximum absolute atomic E-state index is 12.6. The molecule has 8 heteroatoms. The average molecular weight is 421 g/mol. The number of benzene rings is 1. The fourth-order valence-corrected chi connectivity index (χ4v) is 4.36. The third kappa shape index (κ3) is 3.98. The van der Waals surface area contributed by atoms with Crippen molar-refractivity contribution in [2.24, 2.45) is 0 Å². The molecule has 3 aromatic rings. The summed E-state index contributed by atoms with van der Waals surface area (Å²) in [4.78, 5) is 21.3. The molecule has 0 aliphatic carbocycles. The summed E-state index contributed by atoms with van der Waals surface area (Å²) < 4.78 is 1.95. The van der Waals surface area contributed by atoms with E-state index in [4.69, 9.17) is 23.2 Å². The molecule has 1 aliphatic heterocycles. The molecular weight excluding hydrogens is 403 g/mol. The van der Waals surface area contributed by atoms with Gasteiger partial charge in [-0.1, -0.05) is 29.3 Å². The van der Waals surface area contributed by atoms with Crippen molar-refractivity contribution in [3.8, 4) is 5.13 Å². The Hall–Kier alpha value is -2.02. The summed E-state index contributed by atoms with van der Waals surface area (Å²) in [6.45, 7) is 2.79. The predicted octanol–water partition coefficient (Wildman–Crippen LogP) is 4.13. The molecule has 0 unspecified atom stereocenters. The van der Waals surface area contributed by atoms with E-state index in [1.165, 1.54) is 0 Å². The second kappa shape index (κ2) is 7.92. The van der Waals surface area contributed by atoms with Crippen molar-refractivity contribution < 1.29 is 4.79 Å². The molecule has 0 spiro atoms. The lowest BCUT2D eigenvalue weighted by molar-refractivity contribution is -0.130. The molecule has 0 bridgehead atoms. The lowest BCUT2D eigenvalue weighted by atomic mass is 10.2. The molecule has 1 saturated heterocycles. The quantitative estimate of drug-likeness (QED) is 0.636. The van der Waals surface area contributed by atoms with E-state index < -0.39 is 0 Å². The minimum absolute atomic E-state index is 0.108. The normalized spacial score (nSPS) is 14.6. The summed E-state index contributed by atoms with van der Waals surface area (Å²) >= 11 is 14.0. The molecule has 1 fully saturated rings. The second-order valence-corrected chi connectivity index (χ2v) is 7.95. The van der Waals surface area contributed by atoms with E-state index in [1.54, 1.807) is 17.4 Å². The van der Waals surface area contributed by atoms with Crippen LogP contribution in [0.15, 0.2) is 48.1 Å². The van der Waals surface area contributed by atoms with Gasteiger partial charge < -0.3 is 14.4 Å². The molecule has 1 aromatic carbocycles. The van der Waals surface area contributed by atoms with Crippen molar-refractivity contribution in [3.05, 3.63) is 63.8 Å². The van der Waals surface area contributed by atoms with Crippen LogP contribution < -0.4 is 4.90 Å². The Morgan fingerprint density at radius 3 is 2.56 bits per heavy atom. The van der Waals surface area contributed by atoms with Crippen LogP contribution in [0.25, 0.3) is 5.13 Å². The number of carbonyl (C=O) groups is 1. The summed E-state index contributed by atoms with van der Waals surface area (Å²) in [6.07, 6.45) is 4.23. The number of hydrogen-bond donors (Lipinski definition) is 0. The van der Waals surface area contributed by atoms with Gasteiger partial charge in [0.1, 0.15) is 0 Å². The van der Waals surface area contributed by atoms with Crippen LogP contribution >= 0.6 is 34.5 Å². The Bertz CT molecular complexity index is 933. The number of amides is 1. The van der Waals surface area contributed by atoms with Gasteiger partial charge in [-0.3, -0.25) is 4.79 Å². The van der Waals surface area contributed by atoms with Gasteiger partial charge in [-0.15, -0.1) is 11.3 Å². The summed E-state index contributed by atoms with van der Waals surface area (Å²) in [5.74, 6) is 0.108. The molecule has 4 rings (SSSR count). The molecule has 0 radical (unpaired) electrons. The molecule has 1 amide bonds. The Morgan fingerprint density at radius 2 is 1.81 bits per heavy atom. The summed E-state index contributed by atoms with van der Waals surface area (Å²) in [7, 11) is 0. The van der Waals surface area contributed by atoms with E-state index in [9.17, 15) is 4.79 Å². The van der Waals surface area contributed by atoms with Crippen molar-refractivity contribution in [1.29, 1.82) is 0 Å². The summed E-state index contributed by atoms with van der Waals surface area (Å²) in [5.41, 5.74) is 1.74. The molecule has 2 aromatic heterocycles. The molecule has 5 nitrogen and oxygen atoms in total. The number of thiazole rings is 1. The monoisotopic (exact) mass is 420 g/mol. The molecular formula is C19H18Cl2N4OS. The minimum atomic E-state index is 0.108. The fourth-order valence-electron chi connectivity index (χ4n) is 3.16. The molecule has 0 N–H and O–H groups in total. The second-order valence-electron chi connectivity index (χ2n) is 6.33. The zero-order chi connectivity index (χ0) is 18.8. The zero-order valence-electron chi connectivity index (χ0n) is 14.5. The van der Waals surface area contributed by atoms with Crippen LogP contribution in [0, 0.1) is 0 Å². The lowest BCUT2D eigenvalue weighted by Crippen LogP contribution is -2.49. The van der Waals surface area contributed by atoms with Crippen molar-refractivity contribution in [1.82, 2.24) is 14.5 Å². The van der Waals surface area contributed by atoms with Crippen molar-refractivity contribution in [3.63, 3.8) is 0 Å². The fraction of sp³-hybridized carbons (Fsp3) is 0.263. The summed E-state index contributed by atoms with van der Waals surface area (Å²) in [5, 5.41) is 3.95. The van der Waals surface area contributed by atoms with E-state index in [0.29, 0.717) is 29.6 Å². The topological polar surface area (TPSA) is 41.4 Å². The van der Waals surface area contributed by atoms with Gasteiger partial charge in [-0.2, -0.15) is 0 Å². The number of piperazine rings is 1.